The van der Waals surface area contributed by atoms with Gasteiger partial charge in [0, 0.05) is 17.7 Å². The Kier molecular flexibility index (Phi) is 4.33. The van der Waals surface area contributed by atoms with Gasteiger partial charge in [0.15, 0.2) is 0 Å². The van der Waals surface area contributed by atoms with Crippen molar-refractivity contribution in [3.8, 4) is 17.5 Å². The molecule has 1 aliphatic heterocycles. The van der Waals surface area contributed by atoms with Crippen molar-refractivity contribution in [2.24, 2.45) is 0 Å². The quantitative estimate of drug-likeness (QED) is 0.850. The molecule has 0 amide bonds. The van der Waals surface area contributed by atoms with Crippen LogP contribution >= 0.6 is 0 Å². The molecular formula is C18H24BN5O2. The molecule has 2 aromatic heterocycles. The first-order valence-electron chi connectivity index (χ1n) is 8.67. The van der Waals surface area contributed by atoms with Crippen molar-refractivity contribution < 1.29 is 9.31 Å². The van der Waals surface area contributed by atoms with Crippen LogP contribution in [-0.2, 0) is 9.31 Å². The summed E-state index contributed by atoms with van der Waals surface area (Å²) in [5.74, 6) is 0.356. The fourth-order valence-corrected chi connectivity index (χ4v) is 2.79. The van der Waals surface area contributed by atoms with Crippen LogP contribution in [0.1, 0.15) is 53.1 Å². The first-order valence-corrected chi connectivity index (χ1v) is 8.67. The Bertz CT molecular complexity index is 849. The number of hydrogen-bond acceptors (Lipinski definition) is 6. The minimum absolute atomic E-state index is 0.0554. The Labute approximate surface area is 154 Å². The van der Waals surface area contributed by atoms with Crippen LogP contribution in [0.5, 0.6) is 0 Å². The maximum absolute atomic E-state index is 9.45. The van der Waals surface area contributed by atoms with E-state index in [1.807, 2.05) is 53.7 Å². The third-order valence-corrected chi connectivity index (χ3v) is 5.10. The van der Waals surface area contributed by atoms with Gasteiger partial charge in [-0.2, -0.15) is 10.4 Å². The maximum atomic E-state index is 9.45. The highest BCUT2D eigenvalue weighted by atomic mass is 16.7. The van der Waals surface area contributed by atoms with E-state index in [0.29, 0.717) is 22.8 Å². The van der Waals surface area contributed by atoms with Gasteiger partial charge in [-0.3, -0.25) is 4.98 Å². The van der Waals surface area contributed by atoms with E-state index in [-0.39, 0.29) is 6.04 Å². The topological polar surface area (TPSA) is 99.0 Å². The average Bonchev–Trinajstić information content (AvgIpc) is 3.00. The van der Waals surface area contributed by atoms with E-state index >= 15 is 0 Å². The molecule has 0 atom stereocenters. The molecule has 1 fully saturated rings. The lowest BCUT2D eigenvalue weighted by atomic mass is 9.80. The van der Waals surface area contributed by atoms with Crippen molar-refractivity contribution in [2.75, 3.05) is 5.73 Å². The Balaban J connectivity index is 1.93. The number of hydrogen-bond donors (Lipinski definition) is 1. The van der Waals surface area contributed by atoms with E-state index < -0.39 is 18.3 Å². The van der Waals surface area contributed by atoms with Gasteiger partial charge in [0.05, 0.1) is 16.9 Å². The third-order valence-electron chi connectivity index (χ3n) is 5.10. The van der Waals surface area contributed by atoms with E-state index in [4.69, 9.17) is 15.0 Å². The summed E-state index contributed by atoms with van der Waals surface area (Å²) in [5.41, 5.74) is 7.48. The fraction of sp³-hybridized carbons (Fsp3) is 0.500. The smallest absolute Gasteiger partial charge is 0.399 e. The van der Waals surface area contributed by atoms with Crippen LogP contribution in [0.4, 0.5) is 5.82 Å². The Morgan fingerprint density at radius 1 is 1.19 bits per heavy atom. The van der Waals surface area contributed by atoms with Crippen LogP contribution in [0.25, 0.3) is 11.4 Å². The standard InChI is InChI=1S/C18H24BN5O2/c1-11(2)24-16(21)13(9-20)15(23-24)14-8-7-12(10-22-14)19-25-17(3,4)18(5,6)26-19/h7-8,10-11H,21H2,1-6H3. The Morgan fingerprint density at radius 3 is 2.27 bits per heavy atom. The summed E-state index contributed by atoms with van der Waals surface area (Å²) >= 11 is 0. The molecule has 0 saturated carbocycles. The Hall–Kier alpha value is -2.37. The molecule has 0 aromatic carbocycles. The SMILES string of the molecule is CC(C)n1nc(-c2ccc(B3OC(C)(C)C(C)(C)O3)cn2)c(C#N)c1N. The predicted octanol–water partition coefficient (Wildman–Crippen LogP) is 2.28. The summed E-state index contributed by atoms with van der Waals surface area (Å²) in [5, 5.41) is 13.9. The number of nitrogens with zero attached hydrogens (tertiary/aromatic N) is 4. The summed E-state index contributed by atoms with van der Waals surface area (Å²) in [4.78, 5) is 4.47. The van der Waals surface area contributed by atoms with E-state index in [1.54, 1.807) is 10.9 Å². The number of pyridine rings is 1. The average molecular weight is 353 g/mol. The van der Waals surface area contributed by atoms with Crippen molar-refractivity contribution in [3.63, 3.8) is 0 Å². The number of nitrogens with two attached hydrogens (primary N) is 1. The number of rotatable bonds is 3. The zero-order valence-electron chi connectivity index (χ0n) is 16.1. The second-order valence-corrected chi connectivity index (χ2v) is 7.82. The highest BCUT2D eigenvalue weighted by molar-refractivity contribution is 6.62. The number of nitrogen functional groups attached to an aromatic ring is 1. The van der Waals surface area contributed by atoms with Crippen molar-refractivity contribution >= 4 is 18.4 Å². The maximum Gasteiger partial charge on any atom is 0.496 e. The molecule has 3 rings (SSSR count). The molecule has 3 heterocycles. The molecule has 26 heavy (non-hydrogen) atoms. The summed E-state index contributed by atoms with van der Waals surface area (Å²) < 4.78 is 13.7. The summed E-state index contributed by atoms with van der Waals surface area (Å²) in [6, 6.07) is 5.88. The molecule has 0 unspecified atom stereocenters. The van der Waals surface area contributed by atoms with Crippen LogP contribution in [0.3, 0.4) is 0 Å². The van der Waals surface area contributed by atoms with Gasteiger partial charge in [-0.25, -0.2) is 4.68 Å². The molecule has 2 N–H and O–H groups in total. The van der Waals surface area contributed by atoms with Crippen LogP contribution < -0.4 is 11.2 Å². The molecule has 0 radical (unpaired) electrons. The van der Waals surface area contributed by atoms with Gasteiger partial charge in [0.1, 0.15) is 23.1 Å². The first kappa shape index (κ1) is 18.4. The molecule has 1 aliphatic rings. The number of nitriles is 1. The molecule has 8 heteroatoms. The van der Waals surface area contributed by atoms with E-state index in [1.165, 1.54) is 0 Å². The van der Waals surface area contributed by atoms with Gasteiger partial charge in [-0.05, 0) is 47.6 Å². The van der Waals surface area contributed by atoms with Crippen LogP contribution in [-0.4, -0.2) is 33.1 Å². The molecule has 2 aromatic rings. The predicted molar refractivity (Wildman–Crippen MR) is 101 cm³/mol. The largest absolute Gasteiger partial charge is 0.496 e. The zero-order valence-corrected chi connectivity index (χ0v) is 16.1. The monoisotopic (exact) mass is 353 g/mol. The zero-order chi connectivity index (χ0) is 19.3. The van der Waals surface area contributed by atoms with E-state index in [2.05, 4.69) is 16.2 Å². The molecule has 7 nitrogen and oxygen atoms in total. The molecule has 136 valence electrons. The molecule has 0 bridgehead atoms. The van der Waals surface area contributed by atoms with Gasteiger partial charge in [0.25, 0.3) is 0 Å². The lowest BCUT2D eigenvalue weighted by Crippen LogP contribution is -2.41. The van der Waals surface area contributed by atoms with E-state index in [9.17, 15) is 5.26 Å². The minimum Gasteiger partial charge on any atom is -0.399 e. The van der Waals surface area contributed by atoms with Crippen LogP contribution in [0.2, 0.25) is 0 Å². The van der Waals surface area contributed by atoms with Gasteiger partial charge >= 0.3 is 7.12 Å². The van der Waals surface area contributed by atoms with Crippen molar-refractivity contribution in [3.05, 3.63) is 23.9 Å². The normalized spacial score (nSPS) is 18.3. The second-order valence-electron chi connectivity index (χ2n) is 7.82. The summed E-state index contributed by atoms with van der Waals surface area (Å²) in [6.07, 6.45) is 1.70. The van der Waals surface area contributed by atoms with Gasteiger partial charge < -0.3 is 15.0 Å². The third kappa shape index (κ3) is 2.87. The Morgan fingerprint density at radius 2 is 1.81 bits per heavy atom. The number of aromatic nitrogens is 3. The van der Waals surface area contributed by atoms with Crippen LogP contribution in [0, 0.1) is 11.3 Å². The molecule has 0 aliphatic carbocycles. The molecule has 1 saturated heterocycles. The van der Waals surface area contributed by atoms with Crippen molar-refractivity contribution in [1.82, 2.24) is 14.8 Å². The lowest BCUT2D eigenvalue weighted by molar-refractivity contribution is 0.00578. The van der Waals surface area contributed by atoms with Crippen molar-refractivity contribution in [1.29, 1.82) is 5.26 Å². The lowest BCUT2D eigenvalue weighted by Gasteiger charge is -2.32. The first-order chi connectivity index (χ1) is 12.1. The second kappa shape index (κ2) is 6.11. The number of anilines is 1. The molecular weight excluding hydrogens is 329 g/mol. The van der Waals surface area contributed by atoms with Crippen LogP contribution in [0.15, 0.2) is 18.3 Å². The summed E-state index contributed by atoms with van der Waals surface area (Å²) in [7, 11) is -0.477. The van der Waals surface area contributed by atoms with E-state index in [0.717, 1.165) is 5.46 Å². The van der Waals surface area contributed by atoms with Gasteiger partial charge in [0.2, 0.25) is 0 Å². The molecule has 0 spiro atoms. The minimum atomic E-state index is -0.477. The highest BCUT2D eigenvalue weighted by Crippen LogP contribution is 2.36. The highest BCUT2D eigenvalue weighted by Gasteiger charge is 2.51. The van der Waals surface area contributed by atoms with Gasteiger partial charge in [-0.1, -0.05) is 6.07 Å². The van der Waals surface area contributed by atoms with Crippen molar-refractivity contribution in [2.45, 2.75) is 58.8 Å². The van der Waals surface area contributed by atoms with Gasteiger partial charge in [-0.15, -0.1) is 0 Å². The fourth-order valence-electron chi connectivity index (χ4n) is 2.79. The summed E-state index contributed by atoms with van der Waals surface area (Å²) in [6.45, 7) is 12.0.